The SMILES string of the molecule is O=C(/C(=N\N(c1ccccc1)c1ccccc1)c1ccccc1)c1ccccc1. The number of nitrogens with zero attached hydrogens (tertiary/aromatic N) is 2. The summed E-state index contributed by atoms with van der Waals surface area (Å²) in [5.74, 6) is -0.117. The predicted molar refractivity (Wildman–Crippen MR) is 119 cm³/mol. The fraction of sp³-hybridized carbons (Fsp3) is 0. The lowest BCUT2D eigenvalue weighted by molar-refractivity contribution is 0.106. The van der Waals surface area contributed by atoms with Gasteiger partial charge in [0, 0.05) is 11.1 Å². The molecule has 0 radical (unpaired) electrons. The van der Waals surface area contributed by atoms with Crippen molar-refractivity contribution in [2.24, 2.45) is 5.10 Å². The van der Waals surface area contributed by atoms with Crippen LogP contribution in [0.1, 0.15) is 15.9 Å². The average Bonchev–Trinajstić information content (AvgIpc) is 2.82. The van der Waals surface area contributed by atoms with Gasteiger partial charge in [-0.15, -0.1) is 0 Å². The summed E-state index contributed by atoms with van der Waals surface area (Å²) < 4.78 is 0. The van der Waals surface area contributed by atoms with Crippen molar-refractivity contribution in [2.75, 3.05) is 5.01 Å². The first-order chi connectivity index (χ1) is 14.3. The molecule has 4 aromatic carbocycles. The number of hydrazone groups is 1. The molecular weight excluding hydrogens is 356 g/mol. The third-order valence-corrected chi connectivity index (χ3v) is 4.50. The number of hydrogen-bond donors (Lipinski definition) is 0. The van der Waals surface area contributed by atoms with Crippen molar-refractivity contribution in [1.29, 1.82) is 0 Å². The van der Waals surface area contributed by atoms with Crippen molar-refractivity contribution in [3.63, 3.8) is 0 Å². The highest BCUT2D eigenvalue weighted by atomic mass is 16.1. The number of benzene rings is 4. The predicted octanol–water partition coefficient (Wildman–Crippen LogP) is 6.11. The number of hydrogen-bond acceptors (Lipinski definition) is 3. The standard InChI is InChI=1S/C26H20N2O/c29-26(22-15-7-2-8-16-22)25(21-13-5-1-6-14-21)27-28(23-17-9-3-10-18-23)24-19-11-4-12-20-24/h1-20H/b27-25-. The molecule has 0 fully saturated rings. The van der Waals surface area contributed by atoms with Crippen LogP contribution in [0.5, 0.6) is 0 Å². The fourth-order valence-electron chi connectivity index (χ4n) is 3.06. The molecule has 4 aromatic rings. The summed E-state index contributed by atoms with van der Waals surface area (Å²) in [5, 5.41) is 6.67. The molecule has 3 nitrogen and oxygen atoms in total. The molecule has 0 aliphatic carbocycles. The van der Waals surface area contributed by atoms with Gasteiger partial charge in [-0.05, 0) is 24.3 Å². The Balaban J connectivity index is 1.88. The van der Waals surface area contributed by atoms with E-state index in [0.717, 1.165) is 16.9 Å². The summed E-state index contributed by atoms with van der Waals surface area (Å²) >= 11 is 0. The van der Waals surface area contributed by atoms with Crippen LogP contribution in [-0.2, 0) is 0 Å². The molecule has 0 unspecified atom stereocenters. The lowest BCUT2D eigenvalue weighted by atomic mass is 10.0. The maximum atomic E-state index is 13.4. The molecular formula is C26H20N2O. The monoisotopic (exact) mass is 376 g/mol. The van der Waals surface area contributed by atoms with Gasteiger partial charge in [-0.1, -0.05) is 97.1 Å². The van der Waals surface area contributed by atoms with Crippen LogP contribution in [0.2, 0.25) is 0 Å². The van der Waals surface area contributed by atoms with Gasteiger partial charge in [0.25, 0.3) is 0 Å². The first-order valence-electron chi connectivity index (χ1n) is 9.47. The number of Topliss-reactive ketones (excluding diaryl/α,β-unsaturated/α-hetero) is 1. The summed E-state index contributed by atoms with van der Waals surface area (Å²) in [6.07, 6.45) is 0. The van der Waals surface area contributed by atoms with Crippen LogP contribution < -0.4 is 5.01 Å². The van der Waals surface area contributed by atoms with Crippen LogP contribution in [0.25, 0.3) is 0 Å². The van der Waals surface area contributed by atoms with E-state index in [4.69, 9.17) is 5.10 Å². The smallest absolute Gasteiger partial charge is 0.213 e. The number of carbonyl (C=O) groups is 1. The van der Waals surface area contributed by atoms with Crippen LogP contribution in [0.4, 0.5) is 11.4 Å². The van der Waals surface area contributed by atoms with Gasteiger partial charge in [0.2, 0.25) is 5.78 Å². The minimum Gasteiger partial charge on any atom is -0.287 e. The molecule has 0 saturated heterocycles. The van der Waals surface area contributed by atoms with Gasteiger partial charge in [-0.25, -0.2) is 5.01 Å². The van der Waals surface area contributed by atoms with Crippen molar-refractivity contribution in [2.45, 2.75) is 0 Å². The molecule has 4 rings (SSSR count). The van der Waals surface area contributed by atoms with Crippen LogP contribution >= 0.6 is 0 Å². The van der Waals surface area contributed by atoms with Crippen molar-refractivity contribution >= 4 is 22.9 Å². The minimum absolute atomic E-state index is 0.117. The normalized spacial score (nSPS) is 11.1. The topological polar surface area (TPSA) is 32.7 Å². The van der Waals surface area contributed by atoms with E-state index in [2.05, 4.69) is 0 Å². The van der Waals surface area contributed by atoms with Gasteiger partial charge in [0.1, 0.15) is 5.71 Å². The Kier molecular flexibility index (Phi) is 5.58. The number of ketones is 1. The highest BCUT2D eigenvalue weighted by Gasteiger charge is 2.19. The third-order valence-electron chi connectivity index (χ3n) is 4.50. The third kappa shape index (κ3) is 4.30. The van der Waals surface area contributed by atoms with Crippen LogP contribution in [-0.4, -0.2) is 11.5 Å². The molecule has 3 heteroatoms. The molecule has 0 aliphatic rings. The zero-order chi connectivity index (χ0) is 19.9. The van der Waals surface area contributed by atoms with Crippen molar-refractivity contribution in [3.05, 3.63) is 132 Å². The summed E-state index contributed by atoms with van der Waals surface area (Å²) in [5.41, 5.74) is 3.54. The number of carbonyl (C=O) groups excluding carboxylic acids is 1. The van der Waals surface area contributed by atoms with E-state index in [0.29, 0.717) is 11.3 Å². The van der Waals surface area contributed by atoms with Crippen molar-refractivity contribution in [3.8, 4) is 0 Å². The van der Waals surface area contributed by atoms with Gasteiger partial charge in [0.15, 0.2) is 0 Å². The Morgan fingerprint density at radius 2 is 0.897 bits per heavy atom. The number of rotatable bonds is 6. The van der Waals surface area contributed by atoms with Crippen LogP contribution in [0.15, 0.2) is 126 Å². The summed E-state index contributed by atoms with van der Waals surface area (Å²) in [7, 11) is 0. The van der Waals surface area contributed by atoms with Crippen LogP contribution in [0, 0.1) is 0 Å². The van der Waals surface area contributed by atoms with E-state index in [1.807, 2.05) is 126 Å². The highest BCUT2D eigenvalue weighted by Crippen LogP contribution is 2.26. The van der Waals surface area contributed by atoms with Gasteiger partial charge in [-0.3, -0.25) is 4.79 Å². The minimum atomic E-state index is -0.117. The van der Waals surface area contributed by atoms with Gasteiger partial charge in [0.05, 0.1) is 11.4 Å². The number of anilines is 2. The van der Waals surface area contributed by atoms with Crippen molar-refractivity contribution in [1.82, 2.24) is 0 Å². The first-order valence-corrected chi connectivity index (χ1v) is 9.47. The van der Waals surface area contributed by atoms with E-state index in [-0.39, 0.29) is 5.78 Å². The largest absolute Gasteiger partial charge is 0.287 e. The molecule has 0 bridgehead atoms. The second-order valence-corrected chi connectivity index (χ2v) is 6.49. The Bertz CT molecular complexity index is 1050. The maximum absolute atomic E-state index is 13.4. The Hall–Kier alpha value is -3.98. The maximum Gasteiger partial charge on any atom is 0.213 e. The lowest BCUT2D eigenvalue weighted by Crippen LogP contribution is -2.21. The molecule has 0 saturated carbocycles. The van der Waals surface area contributed by atoms with Gasteiger partial charge in [-0.2, -0.15) is 5.10 Å². The Morgan fingerprint density at radius 1 is 0.517 bits per heavy atom. The molecule has 0 atom stereocenters. The molecule has 0 spiro atoms. The second-order valence-electron chi connectivity index (χ2n) is 6.49. The molecule has 29 heavy (non-hydrogen) atoms. The lowest BCUT2D eigenvalue weighted by Gasteiger charge is -2.21. The molecule has 0 aromatic heterocycles. The quantitative estimate of drug-likeness (QED) is 0.231. The van der Waals surface area contributed by atoms with E-state index >= 15 is 0 Å². The summed E-state index contributed by atoms with van der Waals surface area (Å²) in [6.45, 7) is 0. The molecule has 0 amide bonds. The first kappa shape index (κ1) is 18.4. The zero-order valence-electron chi connectivity index (χ0n) is 15.8. The van der Waals surface area contributed by atoms with Crippen molar-refractivity contribution < 1.29 is 4.79 Å². The summed E-state index contributed by atoms with van der Waals surface area (Å²) in [6, 6.07) is 38.5. The van der Waals surface area contributed by atoms with E-state index in [1.54, 1.807) is 0 Å². The van der Waals surface area contributed by atoms with E-state index < -0.39 is 0 Å². The Morgan fingerprint density at radius 3 is 1.34 bits per heavy atom. The second kappa shape index (κ2) is 8.81. The molecule has 140 valence electrons. The Labute approximate surface area is 170 Å². The molecule has 0 heterocycles. The summed E-state index contributed by atoms with van der Waals surface area (Å²) in [4.78, 5) is 13.4. The zero-order valence-corrected chi connectivity index (χ0v) is 15.8. The van der Waals surface area contributed by atoms with Gasteiger partial charge >= 0.3 is 0 Å². The fourth-order valence-corrected chi connectivity index (χ4v) is 3.06. The van der Waals surface area contributed by atoms with Crippen LogP contribution in [0.3, 0.4) is 0 Å². The average molecular weight is 376 g/mol. The molecule has 0 aliphatic heterocycles. The van der Waals surface area contributed by atoms with Gasteiger partial charge < -0.3 is 0 Å². The van der Waals surface area contributed by atoms with E-state index in [9.17, 15) is 4.79 Å². The highest BCUT2D eigenvalue weighted by molar-refractivity contribution is 6.51. The van der Waals surface area contributed by atoms with E-state index in [1.165, 1.54) is 0 Å². The molecule has 0 N–H and O–H groups in total. The number of para-hydroxylation sites is 2.